The molecule has 0 unspecified atom stereocenters. The summed E-state index contributed by atoms with van der Waals surface area (Å²) in [6, 6.07) is 6.64. The van der Waals surface area contributed by atoms with Gasteiger partial charge in [-0.05, 0) is 31.2 Å². The molecule has 0 saturated carbocycles. The highest BCUT2D eigenvalue weighted by Gasteiger charge is 2.13. The summed E-state index contributed by atoms with van der Waals surface area (Å²) in [6.45, 7) is 1.75. The molecule has 0 aliphatic heterocycles. The van der Waals surface area contributed by atoms with Crippen molar-refractivity contribution in [2.24, 2.45) is 0 Å². The fourth-order valence-corrected chi connectivity index (χ4v) is 1.70. The summed E-state index contributed by atoms with van der Waals surface area (Å²) in [5.74, 6) is -1.09. The average Bonchev–Trinajstić information content (AvgIpc) is 2.47. The van der Waals surface area contributed by atoms with Crippen molar-refractivity contribution in [2.75, 3.05) is 0 Å². The summed E-state index contributed by atoms with van der Waals surface area (Å²) in [5, 5.41) is 11.4. The molecule has 0 radical (unpaired) electrons. The Hall–Kier alpha value is -2.81. The van der Waals surface area contributed by atoms with Crippen molar-refractivity contribution in [3.8, 4) is 6.07 Å². The van der Waals surface area contributed by atoms with Gasteiger partial charge >= 0.3 is 0 Å². The number of nitriles is 1. The van der Waals surface area contributed by atoms with Crippen molar-refractivity contribution >= 4 is 5.91 Å². The Morgan fingerprint density at radius 2 is 2.25 bits per heavy atom. The molecule has 100 valence electrons. The first-order valence-corrected chi connectivity index (χ1v) is 5.87. The minimum absolute atomic E-state index is 0.0995. The predicted octanol–water partition coefficient (Wildman–Crippen LogP) is 1.98. The Morgan fingerprint density at radius 3 is 2.90 bits per heavy atom. The van der Waals surface area contributed by atoms with Gasteiger partial charge in [0.15, 0.2) is 0 Å². The van der Waals surface area contributed by atoms with E-state index in [1.54, 1.807) is 19.2 Å². The van der Waals surface area contributed by atoms with E-state index in [1.165, 1.54) is 12.4 Å². The molecular weight excluding hydrogens is 259 g/mol. The lowest BCUT2D eigenvalue weighted by molar-refractivity contribution is 0.0938. The first-order chi connectivity index (χ1) is 9.60. The summed E-state index contributed by atoms with van der Waals surface area (Å²) < 4.78 is 13.3. The molecule has 0 bridgehead atoms. The van der Waals surface area contributed by atoms with Gasteiger partial charge in [-0.25, -0.2) is 14.4 Å². The first-order valence-electron chi connectivity index (χ1n) is 5.87. The molecule has 2 rings (SSSR count). The molecule has 5 nitrogen and oxygen atoms in total. The van der Waals surface area contributed by atoms with Gasteiger partial charge in [0.1, 0.15) is 12.1 Å². The van der Waals surface area contributed by atoms with Crippen LogP contribution in [-0.4, -0.2) is 15.9 Å². The van der Waals surface area contributed by atoms with E-state index in [0.29, 0.717) is 5.69 Å². The number of nitrogens with zero attached hydrogens (tertiary/aromatic N) is 3. The van der Waals surface area contributed by atoms with Crippen LogP contribution in [0.15, 0.2) is 36.8 Å². The van der Waals surface area contributed by atoms with E-state index in [4.69, 9.17) is 5.26 Å². The van der Waals surface area contributed by atoms with Gasteiger partial charge in [0, 0.05) is 11.8 Å². The van der Waals surface area contributed by atoms with Gasteiger partial charge in [-0.2, -0.15) is 5.26 Å². The average molecular weight is 270 g/mol. The molecule has 0 spiro atoms. The van der Waals surface area contributed by atoms with E-state index >= 15 is 0 Å². The Morgan fingerprint density at radius 1 is 1.45 bits per heavy atom. The smallest absolute Gasteiger partial charge is 0.251 e. The maximum atomic E-state index is 13.3. The molecular formula is C14H11FN4O. The van der Waals surface area contributed by atoms with Gasteiger partial charge in [-0.3, -0.25) is 4.79 Å². The fourth-order valence-electron chi connectivity index (χ4n) is 1.70. The largest absolute Gasteiger partial charge is 0.344 e. The number of carbonyl (C=O) groups excluding carboxylic acids is 1. The van der Waals surface area contributed by atoms with Crippen molar-refractivity contribution in [3.63, 3.8) is 0 Å². The Balaban J connectivity index is 2.17. The van der Waals surface area contributed by atoms with Gasteiger partial charge in [0.05, 0.1) is 23.4 Å². The second-order valence-corrected chi connectivity index (χ2v) is 4.17. The molecule has 1 aromatic heterocycles. The van der Waals surface area contributed by atoms with Crippen LogP contribution in [0.1, 0.15) is 34.6 Å². The Bertz CT molecular complexity index is 667. The summed E-state index contributed by atoms with van der Waals surface area (Å²) in [7, 11) is 0. The molecule has 20 heavy (non-hydrogen) atoms. The summed E-state index contributed by atoms with van der Waals surface area (Å²) in [5.41, 5.74) is 0.845. The van der Waals surface area contributed by atoms with Crippen LogP contribution < -0.4 is 5.32 Å². The minimum Gasteiger partial charge on any atom is -0.344 e. The van der Waals surface area contributed by atoms with Crippen molar-refractivity contribution in [2.45, 2.75) is 13.0 Å². The summed E-state index contributed by atoms with van der Waals surface area (Å²) in [4.78, 5) is 19.8. The molecule has 0 fully saturated rings. The predicted molar refractivity (Wildman–Crippen MR) is 69.0 cm³/mol. The van der Waals surface area contributed by atoms with Crippen LogP contribution >= 0.6 is 0 Å². The Labute approximate surface area is 115 Å². The number of hydrogen-bond donors (Lipinski definition) is 1. The third-order valence-electron chi connectivity index (χ3n) is 2.69. The lowest BCUT2D eigenvalue weighted by atomic mass is 10.1. The van der Waals surface area contributed by atoms with Crippen molar-refractivity contribution in [3.05, 3.63) is 59.4 Å². The van der Waals surface area contributed by atoms with E-state index in [-0.39, 0.29) is 17.2 Å². The molecule has 1 aromatic carbocycles. The molecule has 6 heteroatoms. The monoisotopic (exact) mass is 270 g/mol. The maximum absolute atomic E-state index is 13.3. The molecule has 1 N–H and O–H groups in total. The highest BCUT2D eigenvalue weighted by molar-refractivity contribution is 5.94. The maximum Gasteiger partial charge on any atom is 0.251 e. The van der Waals surface area contributed by atoms with E-state index < -0.39 is 11.7 Å². The van der Waals surface area contributed by atoms with Gasteiger partial charge < -0.3 is 5.32 Å². The third kappa shape index (κ3) is 3.14. The molecule has 1 amide bonds. The first kappa shape index (κ1) is 13.6. The normalized spacial score (nSPS) is 11.4. The van der Waals surface area contributed by atoms with Crippen molar-refractivity contribution < 1.29 is 9.18 Å². The number of benzene rings is 1. The van der Waals surface area contributed by atoms with Crippen LogP contribution in [0.4, 0.5) is 4.39 Å². The van der Waals surface area contributed by atoms with E-state index in [9.17, 15) is 9.18 Å². The standard InChI is InChI=1S/C14H11FN4O/c1-9(13-2-3-17-8-18-13)19-14(20)11-4-10(7-16)5-12(15)6-11/h2-6,8-9H,1H3,(H,19,20)/t9-/m1/s1. The number of rotatable bonds is 3. The van der Waals surface area contributed by atoms with E-state index in [1.807, 2.05) is 6.07 Å². The van der Waals surface area contributed by atoms with Gasteiger partial charge in [-0.15, -0.1) is 0 Å². The third-order valence-corrected chi connectivity index (χ3v) is 2.69. The SMILES string of the molecule is C[C@@H](NC(=O)c1cc(F)cc(C#N)c1)c1ccncn1. The topological polar surface area (TPSA) is 78.7 Å². The zero-order chi connectivity index (χ0) is 14.5. The van der Waals surface area contributed by atoms with Crippen LogP contribution in [0.3, 0.4) is 0 Å². The second-order valence-electron chi connectivity index (χ2n) is 4.17. The lowest BCUT2D eigenvalue weighted by Crippen LogP contribution is -2.27. The summed E-state index contributed by atoms with van der Waals surface area (Å²) >= 11 is 0. The van der Waals surface area contributed by atoms with E-state index in [2.05, 4.69) is 15.3 Å². The number of carbonyl (C=O) groups is 1. The number of halogens is 1. The number of amides is 1. The fraction of sp³-hybridized carbons (Fsp3) is 0.143. The summed E-state index contributed by atoms with van der Waals surface area (Å²) in [6.07, 6.45) is 2.95. The van der Waals surface area contributed by atoms with Gasteiger partial charge in [0.25, 0.3) is 5.91 Å². The molecule has 0 aliphatic rings. The van der Waals surface area contributed by atoms with Crippen molar-refractivity contribution in [1.29, 1.82) is 5.26 Å². The van der Waals surface area contributed by atoms with Crippen LogP contribution in [0.25, 0.3) is 0 Å². The second kappa shape index (κ2) is 5.89. The van der Waals surface area contributed by atoms with Crippen LogP contribution in [0.2, 0.25) is 0 Å². The molecule has 2 aromatic rings. The highest BCUT2D eigenvalue weighted by Crippen LogP contribution is 2.12. The highest BCUT2D eigenvalue weighted by atomic mass is 19.1. The van der Waals surface area contributed by atoms with Crippen molar-refractivity contribution in [1.82, 2.24) is 15.3 Å². The Kier molecular flexibility index (Phi) is 4.01. The van der Waals surface area contributed by atoms with E-state index in [0.717, 1.165) is 12.1 Å². The molecule has 0 saturated heterocycles. The zero-order valence-corrected chi connectivity index (χ0v) is 10.7. The number of hydrogen-bond acceptors (Lipinski definition) is 4. The van der Waals surface area contributed by atoms with Gasteiger partial charge in [-0.1, -0.05) is 0 Å². The molecule has 1 heterocycles. The quantitative estimate of drug-likeness (QED) is 0.924. The molecule has 1 atom stereocenters. The zero-order valence-electron chi connectivity index (χ0n) is 10.7. The number of aromatic nitrogens is 2. The number of nitrogens with one attached hydrogen (secondary N) is 1. The van der Waals surface area contributed by atoms with Crippen LogP contribution in [-0.2, 0) is 0 Å². The van der Waals surface area contributed by atoms with Crippen LogP contribution in [0, 0.1) is 17.1 Å². The van der Waals surface area contributed by atoms with Crippen LogP contribution in [0.5, 0.6) is 0 Å². The van der Waals surface area contributed by atoms with Gasteiger partial charge in [0.2, 0.25) is 0 Å². The minimum atomic E-state index is -0.621. The lowest BCUT2D eigenvalue weighted by Gasteiger charge is -2.13. The molecule has 0 aliphatic carbocycles.